The molecule has 1 spiro atoms. The third kappa shape index (κ3) is 1.93. The maximum Gasteiger partial charge on any atom is 0.349 e. The van der Waals surface area contributed by atoms with Crippen molar-refractivity contribution in [2.45, 2.75) is 5.54 Å². The lowest BCUT2D eigenvalue weighted by molar-refractivity contribution is 0.00749. The molecule has 7 nitrogen and oxygen atoms in total. The number of fused-ring (bicyclic) bond motifs is 1. The molecule has 1 N–H and O–H groups in total. The van der Waals surface area contributed by atoms with Crippen LogP contribution in [-0.2, 0) is 0 Å². The second-order valence-electron chi connectivity index (χ2n) is 6.09. The first-order valence-corrected chi connectivity index (χ1v) is 7.34. The minimum absolute atomic E-state index is 0.0264. The lowest BCUT2D eigenvalue weighted by atomic mass is 9.89. The highest BCUT2D eigenvalue weighted by molar-refractivity contribution is 5.97. The fourth-order valence-corrected chi connectivity index (χ4v) is 3.21. The first kappa shape index (κ1) is 13.8. The van der Waals surface area contributed by atoms with Gasteiger partial charge < -0.3 is 19.5 Å². The van der Waals surface area contributed by atoms with E-state index in [2.05, 4.69) is 5.32 Å². The van der Waals surface area contributed by atoms with Crippen LogP contribution in [-0.4, -0.2) is 54.0 Å². The van der Waals surface area contributed by atoms with Crippen LogP contribution in [0.1, 0.15) is 10.4 Å². The second kappa shape index (κ2) is 4.58. The van der Waals surface area contributed by atoms with Gasteiger partial charge in [-0.1, -0.05) is 18.2 Å². The number of benzene rings is 1. The predicted molar refractivity (Wildman–Crippen MR) is 82.3 cm³/mol. The Morgan fingerprint density at radius 3 is 2.70 bits per heavy atom. The number of carbonyl (C=O) groups is 2. The summed E-state index contributed by atoms with van der Waals surface area (Å²) in [6.07, 6.45) is 0. The molecule has 0 unspecified atom stereocenters. The van der Waals surface area contributed by atoms with Gasteiger partial charge in [0.25, 0.3) is 5.91 Å². The standard InChI is InChI=1S/C16H15N3O4/c1-18-15(22)17-7-16(18)8-19(9-16)13(20)11-6-10-4-2-3-5-12(10)23-14(11)21/h2-6H,7-9H2,1H3,(H,17,22). The Bertz CT molecular complexity index is 882. The maximum absolute atomic E-state index is 12.6. The quantitative estimate of drug-likeness (QED) is 0.783. The van der Waals surface area contributed by atoms with Crippen LogP contribution in [0.3, 0.4) is 0 Å². The molecule has 1 aromatic heterocycles. The molecular formula is C16H15N3O4. The van der Waals surface area contributed by atoms with E-state index in [0.29, 0.717) is 30.6 Å². The summed E-state index contributed by atoms with van der Waals surface area (Å²) < 4.78 is 5.21. The number of nitrogens with zero attached hydrogens (tertiary/aromatic N) is 2. The Kier molecular flexibility index (Phi) is 2.75. The summed E-state index contributed by atoms with van der Waals surface area (Å²) in [5.41, 5.74) is -0.509. The number of hydrogen-bond acceptors (Lipinski definition) is 4. The van der Waals surface area contributed by atoms with Gasteiger partial charge in [0.15, 0.2) is 0 Å². The number of hydrogen-bond donors (Lipinski definition) is 1. The molecule has 7 heteroatoms. The van der Waals surface area contributed by atoms with E-state index in [1.54, 1.807) is 41.1 Å². The van der Waals surface area contributed by atoms with Crippen molar-refractivity contribution in [3.8, 4) is 0 Å². The van der Waals surface area contributed by atoms with Crippen LogP contribution in [0, 0.1) is 0 Å². The number of amides is 3. The normalized spacial score (nSPS) is 19.1. The molecule has 4 rings (SSSR count). The first-order valence-electron chi connectivity index (χ1n) is 7.34. The number of carbonyl (C=O) groups excluding carboxylic acids is 2. The topological polar surface area (TPSA) is 82.9 Å². The van der Waals surface area contributed by atoms with Crippen LogP contribution in [0.2, 0.25) is 0 Å². The predicted octanol–water partition coefficient (Wildman–Crippen LogP) is 0.643. The van der Waals surface area contributed by atoms with Crippen LogP contribution in [0.15, 0.2) is 39.5 Å². The van der Waals surface area contributed by atoms with E-state index in [4.69, 9.17) is 4.42 Å². The summed E-state index contributed by atoms with van der Waals surface area (Å²) in [7, 11) is 1.72. The maximum atomic E-state index is 12.6. The van der Waals surface area contributed by atoms with Gasteiger partial charge in [0, 0.05) is 32.1 Å². The number of likely N-dealkylation sites (tertiary alicyclic amines) is 1. The third-order valence-corrected chi connectivity index (χ3v) is 4.71. The molecule has 2 aliphatic heterocycles. The largest absolute Gasteiger partial charge is 0.422 e. The minimum atomic E-state index is -0.636. The second-order valence-corrected chi connectivity index (χ2v) is 6.09. The van der Waals surface area contributed by atoms with Gasteiger partial charge in [-0.25, -0.2) is 9.59 Å². The number of likely N-dealkylation sites (N-methyl/N-ethyl adjacent to an activating group) is 1. The van der Waals surface area contributed by atoms with Crippen molar-refractivity contribution in [3.63, 3.8) is 0 Å². The smallest absolute Gasteiger partial charge is 0.349 e. The highest BCUT2D eigenvalue weighted by Crippen LogP contribution is 2.31. The van der Waals surface area contributed by atoms with Gasteiger partial charge in [-0.05, 0) is 12.1 Å². The molecule has 2 aromatic rings. The molecule has 118 valence electrons. The van der Waals surface area contributed by atoms with Crippen LogP contribution >= 0.6 is 0 Å². The van der Waals surface area contributed by atoms with Crippen LogP contribution in [0.5, 0.6) is 0 Å². The molecule has 0 saturated carbocycles. The average Bonchev–Trinajstić information content (AvgIpc) is 2.81. The zero-order valence-electron chi connectivity index (χ0n) is 12.5. The van der Waals surface area contributed by atoms with E-state index in [1.165, 1.54) is 0 Å². The molecule has 2 saturated heterocycles. The van der Waals surface area contributed by atoms with Crippen LogP contribution in [0.4, 0.5) is 4.79 Å². The first-order chi connectivity index (χ1) is 11.0. The van der Waals surface area contributed by atoms with Gasteiger partial charge in [-0.3, -0.25) is 4.79 Å². The Labute approximate surface area is 131 Å². The van der Waals surface area contributed by atoms with Crippen molar-refractivity contribution < 1.29 is 14.0 Å². The Morgan fingerprint density at radius 1 is 1.26 bits per heavy atom. The third-order valence-electron chi connectivity index (χ3n) is 4.71. The summed E-state index contributed by atoms with van der Waals surface area (Å²) in [4.78, 5) is 39.4. The molecule has 0 atom stereocenters. The molecule has 0 radical (unpaired) electrons. The number of urea groups is 1. The zero-order chi connectivity index (χ0) is 16.2. The van der Waals surface area contributed by atoms with E-state index in [0.717, 1.165) is 0 Å². The Hall–Kier alpha value is -2.83. The van der Waals surface area contributed by atoms with E-state index in [9.17, 15) is 14.4 Å². The molecule has 3 heterocycles. The summed E-state index contributed by atoms with van der Waals surface area (Å²) in [6, 6.07) is 8.50. The van der Waals surface area contributed by atoms with E-state index >= 15 is 0 Å². The van der Waals surface area contributed by atoms with Gasteiger partial charge >= 0.3 is 11.7 Å². The van der Waals surface area contributed by atoms with Crippen molar-refractivity contribution in [2.75, 3.05) is 26.7 Å². The Balaban J connectivity index is 1.60. The van der Waals surface area contributed by atoms with Gasteiger partial charge in [-0.15, -0.1) is 0 Å². The molecule has 2 aliphatic rings. The van der Waals surface area contributed by atoms with Crippen molar-refractivity contribution in [2.24, 2.45) is 0 Å². The van der Waals surface area contributed by atoms with Crippen LogP contribution in [0.25, 0.3) is 11.0 Å². The van der Waals surface area contributed by atoms with Crippen molar-refractivity contribution >= 4 is 22.9 Å². The monoisotopic (exact) mass is 313 g/mol. The van der Waals surface area contributed by atoms with Crippen molar-refractivity contribution in [1.82, 2.24) is 15.1 Å². The molecule has 1 aromatic carbocycles. The summed E-state index contributed by atoms with van der Waals surface area (Å²) in [5.74, 6) is -0.358. The lowest BCUT2D eigenvalue weighted by Crippen LogP contribution is -2.70. The highest BCUT2D eigenvalue weighted by atomic mass is 16.4. The van der Waals surface area contributed by atoms with E-state index < -0.39 is 5.63 Å². The van der Waals surface area contributed by atoms with Gasteiger partial charge in [-0.2, -0.15) is 0 Å². The summed E-state index contributed by atoms with van der Waals surface area (Å²) in [6.45, 7) is 1.33. The Morgan fingerprint density at radius 2 is 2.00 bits per heavy atom. The minimum Gasteiger partial charge on any atom is -0.422 e. The lowest BCUT2D eigenvalue weighted by Gasteiger charge is -2.50. The van der Waals surface area contributed by atoms with Crippen molar-refractivity contribution in [1.29, 1.82) is 0 Å². The molecular weight excluding hydrogens is 298 g/mol. The molecule has 23 heavy (non-hydrogen) atoms. The van der Waals surface area contributed by atoms with Gasteiger partial charge in [0.05, 0.1) is 5.54 Å². The van der Waals surface area contributed by atoms with Crippen LogP contribution < -0.4 is 10.9 Å². The number of para-hydroxylation sites is 1. The number of rotatable bonds is 1. The van der Waals surface area contributed by atoms with E-state index in [1.807, 2.05) is 6.07 Å². The van der Waals surface area contributed by atoms with Gasteiger partial charge in [0.1, 0.15) is 11.1 Å². The molecule has 0 aliphatic carbocycles. The van der Waals surface area contributed by atoms with Crippen molar-refractivity contribution in [3.05, 3.63) is 46.3 Å². The number of nitrogens with one attached hydrogen (secondary N) is 1. The fourth-order valence-electron chi connectivity index (χ4n) is 3.21. The van der Waals surface area contributed by atoms with Gasteiger partial charge in [0.2, 0.25) is 0 Å². The molecule has 2 fully saturated rings. The zero-order valence-corrected chi connectivity index (χ0v) is 12.5. The molecule has 3 amide bonds. The average molecular weight is 313 g/mol. The highest BCUT2D eigenvalue weighted by Gasteiger charge is 2.53. The fraction of sp³-hybridized carbons (Fsp3) is 0.312. The summed E-state index contributed by atoms with van der Waals surface area (Å²) in [5, 5.41) is 3.47. The summed E-state index contributed by atoms with van der Waals surface area (Å²) >= 11 is 0. The van der Waals surface area contributed by atoms with E-state index in [-0.39, 0.29) is 23.0 Å². The molecule has 0 bridgehead atoms. The SMILES string of the molecule is CN1C(=O)NCC12CN(C(=O)c1cc3ccccc3oc1=O)C2.